The van der Waals surface area contributed by atoms with Gasteiger partial charge in [-0.2, -0.15) is 0 Å². The average molecular weight is 1360 g/mol. The van der Waals surface area contributed by atoms with Crippen molar-refractivity contribution in [2.75, 3.05) is 79.0 Å². The fraction of sp³-hybridized carbons (Fsp3) is 0.895. The quantitative estimate of drug-likeness (QED) is 0.155. The predicted molar refractivity (Wildman–Crippen MR) is 357 cm³/mol. The molecular weight excluding hydrogens is 1250 g/mol. The van der Waals surface area contributed by atoms with E-state index in [1.165, 1.54) is 77.0 Å². The topological polar surface area (TPSA) is 202 Å². The Kier molecular flexibility index (Phi) is 18.7. The number of fused-ring (bicyclic) bond motifs is 8. The number of halogens is 1. The van der Waals surface area contributed by atoms with Gasteiger partial charge in [-0.3, -0.25) is 9.80 Å². The summed E-state index contributed by atoms with van der Waals surface area (Å²) in [4.78, 5) is 20.8. The molecule has 18 rings (SSSR count). The van der Waals surface area contributed by atoms with Crippen molar-refractivity contribution in [3.05, 3.63) is 42.2 Å². The number of morpholine rings is 2. The van der Waals surface area contributed by atoms with Crippen molar-refractivity contribution >= 4 is 11.6 Å². The van der Waals surface area contributed by atoms with Gasteiger partial charge in [0.05, 0.1) is 120 Å². The van der Waals surface area contributed by atoms with Crippen molar-refractivity contribution in [3.63, 3.8) is 0 Å². The predicted octanol–water partition coefficient (Wildman–Crippen LogP) is 7.59. The van der Waals surface area contributed by atoms with Gasteiger partial charge >= 0.3 is 35.6 Å². The van der Waals surface area contributed by atoms with E-state index in [2.05, 4.69) is 99.0 Å². The summed E-state index contributed by atoms with van der Waals surface area (Å²) in [5.74, 6) is 4.04. The summed E-state index contributed by atoms with van der Waals surface area (Å²) in [5.41, 5.74) is 1.47. The van der Waals surface area contributed by atoms with E-state index in [0.717, 1.165) is 91.5 Å². The number of rotatable bonds is 10. The van der Waals surface area contributed by atoms with Crippen molar-refractivity contribution in [3.8, 4) is 6.01 Å². The van der Waals surface area contributed by atoms with Gasteiger partial charge in [0.25, 0.3) is 0 Å². The van der Waals surface area contributed by atoms with Crippen LogP contribution in [0.25, 0.3) is 0 Å². The molecule has 8 heterocycles. The molecule has 96 heavy (non-hydrogen) atoms. The molecule has 0 radical (unpaired) electrons. The number of hydrogen-bond acceptors (Lipinski definition) is 18. The molecule has 2 aromatic rings. The second-order valence-corrected chi connectivity index (χ2v) is 36.4. The summed E-state index contributed by atoms with van der Waals surface area (Å²) in [5, 5.41) is 35.0. The van der Waals surface area contributed by atoms with Crippen molar-refractivity contribution in [1.29, 1.82) is 0 Å². The largest absolute Gasteiger partial charge is 1.00 e. The zero-order chi connectivity index (χ0) is 66.1. The van der Waals surface area contributed by atoms with Crippen LogP contribution in [0, 0.1) is 101 Å². The number of hydrogen-bond donors (Lipinski definition) is 3. The number of nitrogens with zero attached hydrogens (tertiary/aromatic N) is 6. The van der Waals surface area contributed by atoms with Crippen LogP contribution in [0.15, 0.2) is 36.9 Å². The van der Waals surface area contributed by atoms with Crippen molar-refractivity contribution in [1.82, 2.24) is 29.7 Å². The van der Waals surface area contributed by atoms with Gasteiger partial charge in [-0.25, -0.2) is 19.9 Å². The first kappa shape index (κ1) is 70.4. The van der Waals surface area contributed by atoms with Crippen LogP contribution in [-0.2, 0) is 37.9 Å². The van der Waals surface area contributed by atoms with Crippen LogP contribution < -0.4 is 34.3 Å². The van der Waals surface area contributed by atoms with Gasteiger partial charge in [0, 0.05) is 48.7 Å². The molecule has 0 unspecified atom stereocenters. The van der Waals surface area contributed by atoms with E-state index in [9.17, 15) is 15.3 Å². The van der Waals surface area contributed by atoms with E-state index in [0.29, 0.717) is 99.0 Å². The molecular formula is C76H116ClN6NaO12. The van der Waals surface area contributed by atoms with Crippen LogP contribution >= 0.6 is 11.6 Å². The second kappa shape index (κ2) is 25.5. The second-order valence-electron chi connectivity index (χ2n) is 36.0. The first-order valence-electron chi connectivity index (χ1n) is 37.7. The van der Waals surface area contributed by atoms with Gasteiger partial charge in [0.15, 0.2) is 12.6 Å². The average Bonchev–Trinajstić information content (AvgIpc) is 1.47. The van der Waals surface area contributed by atoms with Crippen LogP contribution in [0.1, 0.15) is 173 Å². The van der Waals surface area contributed by atoms with Crippen LogP contribution in [0.4, 0.5) is 0 Å². The third kappa shape index (κ3) is 10.4. The molecule has 26 atom stereocenters. The van der Waals surface area contributed by atoms with E-state index in [1.54, 1.807) is 36.9 Å². The van der Waals surface area contributed by atoms with Crippen molar-refractivity contribution < 1.29 is 88.9 Å². The van der Waals surface area contributed by atoms with Gasteiger partial charge in [0.2, 0.25) is 5.28 Å². The maximum atomic E-state index is 12.5. The number of aliphatic hydroxyl groups excluding tert-OH is 3. The first-order valence-corrected chi connectivity index (χ1v) is 38.1. The standard InChI is InChI=1S/C38H57N3O6.C34H55NO6.C4H3ClN2.Na.H/c1-23-17-25(21-45-33-39-13-6-14-40-33)46-31-30(23)35(4)11-12-38-22-37(38)10-9-28(47-29-18-41(15-16-44-29)24-19-43-20-24)34(2,3)26(37)7-8-27(38)36(35,5)32(31)42;1-20-14-22(16-36)40-28-27(20)31(4)10-11-34-19-33(34)9-8-25(41-26-15-35(12-13-39-26)21-17-38-18-21)30(2,3)23(33)6-7-24(34)32(31,5)29(28)37;5-4-6-2-1-3-7-4;;/h6,13-14,23-32,42H,7-12,15-22H2,1-5H3;20-29,36-37H,6-19H2,1-5H3;1-3H;;/q;;;+1;-1/t23-,25-,26+,27+,28+,29+,30+,31+,32+,35-,36-,37-,38+;20-,22-,23+,24+,25+,26+,27+,28+,29+,31-,32-,33-,34+;;;/m11.../s1. The minimum Gasteiger partial charge on any atom is -1.00 e. The normalized spacial score (nSPS) is 50.7. The molecule has 20 heteroatoms. The van der Waals surface area contributed by atoms with Gasteiger partial charge < -0.3 is 59.4 Å². The fourth-order valence-electron chi connectivity index (χ4n) is 27.6. The molecule has 16 fully saturated rings. The summed E-state index contributed by atoms with van der Waals surface area (Å²) in [6.07, 6.45) is 24.5. The Morgan fingerprint density at radius 2 is 0.979 bits per heavy atom. The van der Waals surface area contributed by atoms with E-state index in [-0.39, 0.29) is 119 Å². The van der Waals surface area contributed by atoms with Crippen LogP contribution in [0.3, 0.4) is 0 Å². The molecule has 6 saturated heterocycles. The molecule has 0 aromatic carbocycles. The minimum absolute atomic E-state index is 0. The molecule has 2 aromatic heterocycles. The van der Waals surface area contributed by atoms with Crippen molar-refractivity contribution in [2.24, 2.45) is 101 Å². The van der Waals surface area contributed by atoms with Gasteiger partial charge in [-0.1, -0.05) is 69.2 Å². The van der Waals surface area contributed by atoms with E-state index >= 15 is 0 Å². The molecule has 6 aliphatic heterocycles. The minimum atomic E-state index is -0.466. The fourth-order valence-corrected chi connectivity index (χ4v) is 27.7. The zero-order valence-corrected chi connectivity index (χ0v) is 62.6. The molecule has 0 bridgehead atoms. The SMILES string of the molecule is C[C@@H]1C[C@H](CO)O[C@H]2[C@H]1[C@@]1(C)CC[C@@]34C[C@@]35CC[C@H](O[C@H]3CN(C6COC6)CCO3)C(C)(C)[C@@H]5CC[C@H]4[C@]1(C)[C@H]2O.C[C@@H]1C[C@H](COc2ncccn2)O[C@H]2[C@H]1[C@@]1(C)CC[C@@]34C[C@@]35CC[C@H](O[C@H]3CN(C6COC6)CCO3)C(C)(C)[C@@H]5CC[C@H]4[C@]1(C)[C@H]2O.Clc1ncccn1.[H-].[Na+]. The molecule has 16 aliphatic rings. The summed E-state index contributed by atoms with van der Waals surface area (Å²) < 4.78 is 56.4. The first-order chi connectivity index (χ1) is 45.4. The van der Waals surface area contributed by atoms with E-state index < -0.39 is 12.2 Å². The molecule has 4 spiro atoms. The summed E-state index contributed by atoms with van der Waals surface area (Å²) in [6, 6.07) is 4.96. The van der Waals surface area contributed by atoms with Crippen molar-refractivity contribution in [2.45, 2.75) is 245 Å². The third-order valence-corrected chi connectivity index (χ3v) is 32.5. The number of ether oxygens (including phenoxy) is 9. The Balaban J connectivity index is 0.000000149. The summed E-state index contributed by atoms with van der Waals surface area (Å²) in [7, 11) is 0. The smallest absolute Gasteiger partial charge is 1.00 e. The number of aliphatic hydroxyl groups is 3. The van der Waals surface area contributed by atoms with E-state index in [4.69, 9.17) is 54.2 Å². The Morgan fingerprint density at radius 3 is 1.40 bits per heavy atom. The Labute approximate surface area is 600 Å². The zero-order valence-electron chi connectivity index (χ0n) is 60.9. The van der Waals surface area contributed by atoms with E-state index in [1.807, 2.05) is 0 Å². The van der Waals surface area contributed by atoms with Crippen LogP contribution in [0.5, 0.6) is 6.01 Å². The van der Waals surface area contributed by atoms with Gasteiger partial charge in [-0.05, 0) is 217 Å². The summed E-state index contributed by atoms with van der Waals surface area (Å²) >= 11 is 5.32. The molecule has 10 aliphatic carbocycles. The Hall–Kier alpha value is -1.27. The third-order valence-electron chi connectivity index (χ3n) is 32.3. The molecule has 3 N–H and O–H groups in total. The van der Waals surface area contributed by atoms with Gasteiger partial charge in [0.1, 0.15) is 6.61 Å². The monoisotopic (exact) mass is 1360 g/mol. The van der Waals surface area contributed by atoms with Crippen LogP contribution in [-0.4, -0.2) is 198 Å². The van der Waals surface area contributed by atoms with Gasteiger partial charge in [-0.15, -0.1) is 0 Å². The summed E-state index contributed by atoms with van der Waals surface area (Å²) in [6.45, 7) is 33.7. The Morgan fingerprint density at radius 1 is 0.562 bits per heavy atom. The Bertz CT molecular complexity index is 3100. The molecule has 10 saturated carbocycles. The molecule has 530 valence electrons. The van der Waals surface area contributed by atoms with Crippen LogP contribution in [0.2, 0.25) is 5.28 Å². The maximum Gasteiger partial charge on any atom is 1.00 e. The molecule has 18 nitrogen and oxygen atoms in total. The number of aromatic nitrogens is 4. The maximum absolute atomic E-state index is 12.5. The molecule has 0 amide bonds.